The minimum Gasteiger partial charge on any atom is -0.382 e. The zero-order chi connectivity index (χ0) is 33.8. The first-order chi connectivity index (χ1) is 22.7. The van der Waals surface area contributed by atoms with Crippen LogP contribution < -0.4 is 33.2 Å². The number of aromatic nitrogens is 2. The molecule has 0 bridgehead atoms. The molecule has 1 aromatic heterocycles. The largest absolute Gasteiger partial charge is 0.382 e. The molecular weight excluding hydrogens is 620 g/mol. The van der Waals surface area contributed by atoms with E-state index in [0.717, 1.165) is 48.8 Å². The first-order valence-corrected chi connectivity index (χ1v) is 16.2. The van der Waals surface area contributed by atoms with Gasteiger partial charge in [0.15, 0.2) is 28.4 Å². The number of amides is 3. The number of rotatable bonds is 14. The number of piperazine rings is 1. The van der Waals surface area contributed by atoms with Crippen molar-refractivity contribution >= 4 is 46.9 Å². The highest BCUT2D eigenvalue weighted by Crippen LogP contribution is 2.22. The van der Waals surface area contributed by atoms with Crippen LogP contribution in [-0.4, -0.2) is 70.8 Å². The van der Waals surface area contributed by atoms with Crippen LogP contribution in [-0.2, 0) is 22.4 Å². The molecule has 2 heterocycles. The first-order valence-electron chi connectivity index (χ1n) is 15.8. The van der Waals surface area contributed by atoms with Gasteiger partial charge < -0.3 is 32.7 Å². The van der Waals surface area contributed by atoms with E-state index in [1.807, 2.05) is 0 Å². The van der Waals surface area contributed by atoms with Gasteiger partial charge in [0.2, 0.25) is 11.8 Å². The van der Waals surface area contributed by atoms with Crippen molar-refractivity contribution in [2.75, 3.05) is 37.6 Å². The highest BCUT2D eigenvalue weighted by molar-refractivity contribution is 6.31. The van der Waals surface area contributed by atoms with Gasteiger partial charge in [-0.1, -0.05) is 60.1 Å². The number of unbranched alkanes of at least 4 members (excludes halogenated alkanes) is 2. The van der Waals surface area contributed by atoms with E-state index in [2.05, 4.69) is 74.4 Å². The predicted molar refractivity (Wildman–Crippen MR) is 184 cm³/mol. The molecule has 2 aromatic carbocycles. The van der Waals surface area contributed by atoms with Gasteiger partial charge in [0, 0.05) is 26.1 Å². The molecule has 1 atom stereocenters. The van der Waals surface area contributed by atoms with E-state index in [1.54, 1.807) is 4.90 Å². The molecule has 250 valence electrons. The van der Waals surface area contributed by atoms with Gasteiger partial charge in [0.05, 0.1) is 0 Å². The fraction of sp³-hybridized carbons (Fsp3) is 0.394. The summed E-state index contributed by atoms with van der Waals surface area (Å²) in [6.07, 6.45) is 5.84. The SMILES string of the molecule is N=C(NCCCCc1ccc(-c2ccc(CCC(=O)N3CCNC(=O)C3CCCCN)cc2)cc1)NC(=O)c1nc(Cl)c(N)nc1N. The van der Waals surface area contributed by atoms with Crippen LogP contribution >= 0.6 is 11.6 Å². The molecule has 13 nitrogen and oxygen atoms in total. The number of hydrogen-bond acceptors (Lipinski definition) is 9. The normalized spacial score (nSPS) is 14.4. The molecule has 1 aliphatic heterocycles. The minimum absolute atomic E-state index is 0.0131. The molecule has 0 saturated carbocycles. The number of hydrogen-bond donors (Lipinski definition) is 7. The van der Waals surface area contributed by atoms with E-state index >= 15 is 0 Å². The smallest absolute Gasteiger partial charge is 0.280 e. The molecule has 1 saturated heterocycles. The Morgan fingerprint density at radius 2 is 1.60 bits per heavy atom. The zero-order valence-corrected chi connectivity index (χ0v) is 27.1. The summed E-state index contributed by atoms with van der Waals surface area (Å²) in [4.78, 5) is 47.1. The molecule has 0 spiro atoms. The number of nitrogens with zero attached hydrogens (tertiary/aromatic N) is 3. The van der Waals surface area contributed by atoms with Crippen molar-refractivity contribution in [1.82, 2.24) is 30.8 Å². The monoisotopic (exact) mass is 662 g/mol. The standard InChI is InChI=1S/C33H43ClN10O3/c34-28-30(37)42-29(36)27(41-28)32(47)43-33(38)40-18-4-2-5-21-7-12-23(13-8-21)24-14-9-22(10-15-24)11-16-26(45)44-20-19-39-31(46)25(44)6-1-3-17-35/h7-10,12-15,25H,1-6,11,16-20,35H2,(H,39,46)(H4,36,37,42)(H3,38,40,43,47). The van der Waals surface area contributed by atoms with E-state index < -0.39 is 11.9 Å². The van der Waals surface area contributed by atoms with Crippen LogP contribution in [0.15, 0.2) is 48.5 Å². The van der Waals surface area contributed by atoms with Gasteiger partial charge >= 0.3 is 0 Å². The van der Waals surface area contributed by atoms with Gasteiger partial charge in [-0.05, 0) is 73.7 Å². The number of halogens is 1. The molecule has 3 aromatic rings. The zero-order valence-electron chi connectivity index (χ0n) is 26.4. The van der Waals surface area contributed by atoms with E-state index in [-0.39, 0.29) is 40.3 Å². The van der Waals surface area contributed by atoms with Crippen LogP contribution in [0.2, 0.25) is 5.15 Å². The Labute approximate surface area is 279 Å². The third-order valence-corrected chi connectivity index (χ3v) is 8.28. The fourth-order valence-corrected chi connectivity index (χ4v) is 5.52. The third kappa shape index (κ3) is 10.1. The molecule has 0 radical (unpaired) electrons. The second-order valence-electron chi connectivity index (χ2n) is 11.4. The topological polar surface area (TPSA) is 218 Å². The van der Waals surface area contributed by atoms with Crippen LogP contribution in [0.25, 0.3) is 11.1 Å². The second kappa shape index (κ2) is 17.2. The summed E-state index contributed by atoms with van der Waals surface area (Å²) in [5, 5.41) is 15.9. The molecule has 1 unspecified atom stereocenters. The number of nitrogens with two attached hydrogens (primary N) is 3. The van der Waals surface area contributed by atoms with Crippen molar-refractivity contribution in [2.45, 2.75) is 57.4 Å². The molecule has 1 aliphatic rings. The lowest BCUT2D eigenvalue weighted by Crippen LogP contribution is -2.57. The lowest BCUT2D eigenvalue weighted by atomic mass is 9.99. The minimum atomic E-state index is -0.702. The third-order valence-electron chi connectivity index (χ3n) is 8.00. The molecule has 0 aliphatic carbocycles. The molecule has 14 heteroatoms. The van der Waals surface area contributed by atoms with Crippen LogP contribution in [0.4, 0.5) is 11.6 Å². The summed E-state index contributed by atoms with van der Waals surface area (Å²) in [5.41, 5.74) is 21.1. The van der Waals surface area contributed by atoms with Crippen molar-refractivity contribution in [1.29, 1.82) is 5.41 Å². The number of anilines is 2. The number of nitrogen functional groups attached to an aromatic ring is 2. The van der Waals surface area contributed by atoms with Crippen LogP contribution in [0.5, 0.6) is 0 Å². The Morgan fingerprint density at radius 1 is 0.936 bits per heavy atom. The maximum absolute atomic E-state index is 13.0. The first kappa shape index (κ1) is 35.1. The van der Waals surface area contributed by atoms with Gasteiger partial charge in [0.25, 0.3) is 5.91 Å². The Hall–Kier alpha value is -4.75. The van der Waals surface area contributed by atoms with Crippen molar-refractivity contribution in [2.24, 2.45) is 5.73 Å². The maximum Gasteiger partial charge on any atom is 0.280 e. The summed E-state index contributed by atoms with van der Waals surface area (Å²) in [7, 11) is 0. The number of guanidine groups is 1. The highest BCUT2D eigenvalue weighted by atomic mass is 35.5. The summed E-state index contributed by atoms with van der Waals surface area (Å²) < 4.78 is 0. The van der Waals surface area contributed by atoms with Crippen molar-refractivity contribution in [3.8, 4) is 11.1 Å². The maximum atomic E-state index is 13.0. The van der Waals surface area contributed by atoms with E-state index in [1.165, 1.54) is 5.56 Å². The van der Waals surface area contributed by atoms with E-state index in [9.17, 15) is 14.4 Å². The van der Waals surface area contributed by atoms with Gasteiger partial charge in [-0.25, -0.2) is 9.97 Å². The summed E-state index contributed by atoms with van der Waals surface area (Å²) in [6.45, 7) is 2.12. The molecule has 1 fully saturated rings. The highest BCUT2D eigenvalue weighted by Gasteiger charge is 2.32. The number of nitrogens with one attached hydrogen (secondary N) is 4. The lowest BCUT2D eigenvalue weighted by molar-refractivity contribution is -0.143. The molecule has 4 rings (SSSR count). The Balaban J connectivity index is 1.17. The Morgan fingerprint density at radius 3 is 2.26 bits per heavy atom. The Bertz CT molecular complexity index is 1550. The van der Waals surface area contributed by atoms with Gasteiger partial charge in [-0.3, -0.25) is 25.1 Å². The Kier molecular flexibility index (Phi) is 12.9. The van der Waals surface area contributed by atoms with Gasteiger partial charge in [-0.2, -0.15) is 0 Å². The lowest BCUT2D eigenvalue weighted by Gasteiger charge is -2.35. The summed E-state index contributed by atoms with van der Waals surface area (Å²) >= 11 is 5.82. The van der Waals surface area contributed by atoms with Crippen molar-refractivity contribution < 1.29 is 14.4 Å². The average Bonchev–Trinajstić information content (AvgIpc) is 3.06. The molecule has 10 N–H and O–H groups in total. The number of carbonyl (C=O) groups excluding carboxylic acids is 3. The van der Waals surface area contributed by atoms with E-state index in [4.69, 9.17) is 34.2 Å². The number of carbonyl (C=O) groups is 3. The quantitative estimate of drug-likeness (QED) is 0.0765. The van der Waals surface area contributed by atoms with Crippen LogP contribution in [0.3, 0.4) is 0 Å². The molecular formula is C33H43ClN10O3. The van der Waals surface area contributed by atoms with Gasteiger partial charge in [0.1, 0.15) is 6.04 Å². The van der Waals surface area contributed by atoms with Crippen LogP contribution in [0, 0.1) is 5.41 Å². The second-order valence-corrected chi connectivity index (χ2v) is 11.8. The molecule has 47 heavy (non-hydrogen) atoms. The van der Waals surface area contributed by atoms with Gasteiger partial charge in [-0.15, -0.1) is 0 Å². The van der Waals surface area contributed by atoms with Crippen LogP contribution in [0.1, 0.15) is 60.1 Å². The number of benzene rings is 2. The van der Waals surface area contributed by atoms with Crippen molar-refractivity contribution in [3.05, 3.63) is 70.5 Å². The van der Waals surface area contributed by atoms with Crippen molar-refractivity contribution in [3.63, 3.8) is 0 Å². The fourth-order valence-electron chi connectivity index (χ4n) is 5.40. The summed E-state index contributed by atoms with van der Waals surface area (Å²) in [6, 6.07) is 16.3. The number of aryl methyl sites for hydroxylation is 2. The average molecular weight is 663 g/mol. The molecule has 3 amide bonds. The summed E-state index contributed by atoms with van der Waals surface area (Å²) in [5.74, 6) is -1.18. The van der Waals surface area contributed by atoms with E-state index in [0.29, 0.717) is 45.4 Å². The predicted octanol–water partition coefficient (Wildman–Crippen LogP) is 2.63.